The van der Waals surface area contributed by atoms with E-state index in [4.69, 9.17) is 4.74 Å². The molecule has 0 atom stereocenters. The molecule has 7 nitrogen and oxygen atoms in total. The molecule has 1 aromatic rings. The maximum absolute atomic E-state index is 11.7. The smallest absolute Gasteiger partial charge is 0.291 e. The second-order valence-corrected chi connectivity index (χ2v) is 7.94. The lowest BCUT2D eigenvalue weighted by Gasteiger charge is -2.24. The van der Waals surface area contributed by atoms with Gasteiger partial charge in [-0.05, 0) is 43.9 Å². The number of anilines is 2. The fourth-order valence-corrected chi connectivity index (χ4v) is 3.27. The number of ether oxygens (including phenoxy) is 1. The van der Waals surface area contributed by atoms with Gasteiger partial charge in [0.2, 0.25) is 15.8 Å². The zero-order valence-electron chi connectivity index (χ0n) is 14.5. The van der Waals surface area contributed by atoms with E-state index in [1.54, 1.807) is 19.1 Å². The summed E-state index contributed by atoms with van der Waals surface area (Å²) in [6, 6.07) is 4.65. The molecule has 2 rings (SSSR count). The highest BCUT2D eigenvalue weighted by Gasteiger charge is 2.19. The zero-order chi connectivity index (χ0) is 18.4. The van der Waals surface area contributed by atoms with Crippen molar-refractivity contribution in [3.05, 3.63) is 18.2 Å². The molecule has 8 heteroatoms. The first kappa shape index (κ1) is 19.2. The summed E-state index contributed by atoms with van der Waals surface area (Å²) in [5.74, 6) is -0.856. The van der Waals surface area contributed by atoms with Crippen LogP contribution >= 0.6 is 0 Å². The first-order valence-corrected chi connectivity index (χ1v) is 10.3. The van der Waals surface area contributed by atoms with Gasteiger partial charge in [-0.2, -0.15) is 0 Å². The third-order valence-corrected chi connectivity index (χ3v) is 4.54. The van der Waals surface area contributed by atoms with E-state index in [9.17, 15) is 18.0 Å². The molecular formula is C17H24N2O5S. The fourth-order valence-electron chi connectivity index (χ4n) is 2.71. The van der Waals surface area contributed by atoms with Gasteiger partial charge in [0.15, 0.2) is 0 Å². The predicted molar refractivity (Wildman–Crippen MR) is 96.3 cm³/mol. The minimum Gasteiger partial charge on any atom is -0.488 e. The highest BCUT2D eigenvalue weighted by atomic mass is 32.2. The molecule has 0 unspecified atom stereocenters. The van der Waals surface area contributed by atoms with Crippen LogP contribution in [0.15, 0.2) is 18.2 Å². The van der Waals surface area contributed by atoms with Crippen LogP contribution < -0.4 is 14.8 Å². The van der Waals surface area contributed by atoms with Gasteiger partial charge < -0.3 is 10.1 Å². The summed E-state index contributed by atoms with van der Waals surface area (Å²) in [5.41, 5.74) is 0.573. The molecule has 0 radical (unpaired) electrons. The number of amides is 1. The van der Waals surface area contributed by atoms with E-state index >= 15 is 0 Å². The molecule has 0 heterocycles. The quantitative estimate of drug-likeness (QED) is 0.721. The van der Waals surface area contributed by atoms with Gasteiger partial charge in [0, 0.05) is 12.1 Å². The third-order valence-electron chi connectivity index (χ3n) is 3.95. The molecule has 1 amide bonds. The van der Waals surface area contributed by atoms with E-state index in [1.165, 1.54) is 12.5 Å². The van der Waals surface area contributed by atoms with Crippen LogP contribution in [0, 0.1) is 0 Å². The topological polar surface area (TPSA) is 102 Å². The average molecular weight is 368 g/mol. The number of sulfonamides is 1. The molecule has 1 saturated carbocycles. The Morgan fingerprint density at radius 3 is 2.48 bits per heavy atom. The van der Waals surface area contributed by atoms with Gasteiger partial charge in [-0.15, -0.1) is 0 Å². The lowest BCUT2D eigenvalue weighted by atomic mass is 9.98. The van der Waals surface area contributed by atoms with Crippen LogP contribution in [0.5, 0.6) is 5.75 Å². The molecule has 25 heavy (non-hydrogen) atoms. The van der Waals surface area contributed by atoms with Crippen molar-refractivity contribution in [1.29, 1.82) is 0 Å². The summed E-state index contributed by atoms with van der Waals surface area (Å²) >= 11 is 0. The first-order chi connectivity index (χ1) is 11.8. The molecule has 0 aromatic heterocycles. The molecule has 1 aliphatic carbocycles. The molecule has 1 fully saturated rings. The molecule has 0 aliphatic heterocycles. The number of nitrogens with one attached hydrogen (secondary N) is 2. The monoisotopic (exact) mass is 368 g/mol. The molecule has 0 spiro atoms. The number of rotatable bonds is 7. The molecule has 138 valence electrons. The standard InChI is InChI=1S/C17H24N2O5S/c1-3-15(20)17(21)18-12-9-10-16(14(11-12)19-25(2,22)23)24-13-7-5-4-6-8-13/h9-11,13,19H,3-8H2,1-2H3,(H,18,21). The van der Waals surface area contributed by atoms with E-state index in [2.05, 4.69) is 10.0 Å². The Morgan fingerprint density at radius 2 is 1.88 bits per heavy atom. The highest BCUT2D eigenvalue weighted by Crippen LogP contribution is 2.32. The van der Waals surface area contributed by atoms with Gasteiger partial charge in [-0.1, -0.05) is 13.3 Å². The van der Waals surface area contributed by atoms with Crippen LogP contribution in [0.1, 0.15) is 45.4 Å². The SMILES string of the molecule is CCC(=O)C(=O)Nc1ccc(OC2CCCCC2)c(NS(C)(=O)=O)c1. The number of carbonyl (C=O) groups is 2. The largest absolute Gasteiger partial charge is 0.488 e. The Kier molecular flexibility index (Phi) is 6.41. The minimum atomic E-state index is -3.52. The van der Waals surface area contributed by atoms with E-state index in [0.29, 0.717) is 11.4 Å². The number of hydrogen-bond donors (Lipinski definition) is 2. The number of hydrogen-bond acceptors (Lipinski definition) is 5. The van der Waals surface area contributed by atoms with E-state index in [1.807, 2.05) is 0 Å². The van der Waals surface area contributed by atoms with Crippen molar-refractivity contribution in [3.63, 3.8) is 0 Å². The van der Waals surface area contributed by atoms with Crippen LogP contribution in [-0.2, 0) is 19.6 Å². The van der Waals surface area contributed by atoms with E-state index in [-0.39, 0.29) is 18.2 Å². The van der Waals surface area contributed by atoms with Crippen LogP contribution in [-0.4, -0.2) is 32.5 Å². The Hall–Kier alpha value is -2.09. The lowest BCUT2D eigenvalue weighted by molar-refractivity contribution is -0.134. The summed E-state index contributed by atoms with van der Waals surface area (Å²) in [4.78, 5) is 23.1. The van der Waals surface area contributed by atoms with Crippen molar-refractivity contribution in [2.45, 2.75) is 51.6 Å². The maximum Gasteiger partial charge on any atom is 0.291 e. The zero-order valence-corrected chi connectivity index (χ0v) is 15.3. The molecule has 1 aromatic carbocycles. The van der Waals surface area contributed by atoms with Gasteiger partial charge >= 0.3 is 0 Å². The van der Waals surface area contributed by atoms with Crippen molar-refractivity contribution in [2.75, 3.05) is 16.3 Å². The summed E-state index contributed by atoms with van der Waals surface area (Å²) in [5, 5.41) is 2.47. The van der Waals surface area contributed by atoms with E-state index < -0.39 is 21.7 Å². The summed E-state index contributed by atoms with van der Waals surface area (Å²) in [7, 11) is -3.52. The van der Waals surface area contributed by atoms with Gasteiger partial charge in [0.05, 0.1) is 18.0 Å². The van der Waals surface area contributed by atoms with Crippen LogP contribution in [0.2, 0.25) is 0 Å². The number of benzene rings is 1. The Labute approximate surface area is 148 Å². The highest BCUT2D eigenvalue weighted by molar-refractivity contribution is 7.92. The fraction of sp³-hybridized carbons (Fsp3) is 0.529. The average Bonchev–Trinajstić information content (AvgIpc) is 2.56. The molecular weight excluding hydrogens is 344 g/mol. The minimum absolute atomic E-state index is 0.0518. The normalized spacial score (nSPS) is 15.4. The number of Topliss-reactive ketones (excluding diaryl/α,β-unsaturated/α-hetero) is 1. The molecule has 2 N–H and O–H groups in total. The Balaban J connectivity index is 2.22. The third kappa shape index (κ3) is 6.04. The first-order valence-electron chi connectivity index (χ1n) is 8.41. The van der Waals surface area contributed by atoms with E-state index in [0.717, 1.165) is 31.9 Å². The second-order valence-electron chi connectivity index (χ2n) is 6.19. The lowest BCUT2D eigenvalue weighted by Crippen LogP contribution is -2.23. The number of carbonyl (C=O) groups excluding carboxylic acids is 2. The summed E-state index contributed by atoms with van der Waals surface area (Å²) in [6.07, 6.45) is 6.43. The number of ketones is 1. The van der Waals surface area contributed by atoms with Crippen molar-refractivity contribution in [3.8, 4) is 5.75 Å². The van der Waals surface area contributed by atoms with Crippen LogP contribution in [0.25, 0.3) is 0 Å². The van der Waals surface area contributed by atoms with Gasteiger partial charge in [-0.25, -0.2) is 8.42 Å². The van der Waals surface area contributed by atoms with Crippen molar-refractivity contribution < 1.29 is 22.7 Å². The summed E-state index contributed by atoms with van der Waals surface area (Å²) < 4.78 is 31.6. The second kappa shape index (κ2) is 8.33. The molecule has 0 bridgehead atoms. The maximum atomic E-state index is 11.7. The van der Waals surface area contributed by atoms with Crippen LogP contribution in [0.4, 0.5) is 11.4 Å². The Bertz CT molecular complexity index is 739. The van der Waals surface area contributed by atoms with Crippen LogP contribution in [0.3, 0.4) is 0 Å². The van der Waals surface area contributed by atoms with Crippen molar-refractivity contribution >= 4 is 33.1 Å². The molecule has 0 saturated heterocycles. The predicted octanol–water partition coefficient (Wildman–Crippen LogP) is 2.69. The van der Waals surface area contributed by atoms with Gasteiger partial charge in [0.1, 0.15) is 5.75 Å². The van der Waals surface area contributed by atoms with Crippen molar-refractivity contribution in [1.82, 2.24) is 0 Å². The van der Waals surface area contributed by atoms with Gasteiger partial charge in [0.25, 0.3) is 5.91 Å². The Morgan fingerprint density at radius 1 is 1.20 bits per heavy atom. The molecule has 1 aliphatic rings. The summed E-state index contributed by atoms with van der Waals surface area (Å²) in [6.45, 7) is 1.60. The van der Waals surface area contributed by atoms with Crippen molar-refractivity contribution in [2.24, 2.45) is 0 Å². The van der Waals surface area contributed by atoms with Gasteiger partial charge in [-0.3, -0.25) is 14.3 Å².